The number of amides is 1. The van der Waals surface area contributed by atoms with Crippen LogP contribution in [0.1, 0.15) is 36.5 Å². The van der Waals surface area contributed by atoms with Gasteiger partial charge in [-0.15, -0.1) is 0 Å². The quantitative estimate of drug-likeness (QED) is 0.767. The minimum absolute atomic E-state index is 0.128. The van der Waals surface area contributed by atoms with E-state index in [0.717, 1.165) is 40.6 Å². The molecular weight excluding hydrogens is 366 g/mol. The zero-order valence-corrected chi connectivity index (χ0v) is 15.4. The van der Waals surface area contributed by atoms with E-state index in [1.807, 2.05) is 43.3 Å². The van der Waals surface area contributed by atoms with Gasteiger partial charge in [0.1, 0.15) is 0 Å². The summed E-state index contributed by atoms with van der Waals surface area (Å²) in [6.07, 6.45) is 1.85. The Morgan fingerprint density at radius 1 is 1.08 bits per heavy atom. The first-order valence-electron chi connectivity index (χ1n) is 8.34. The highest BCUT2D eigenvalue weighted by atomic mass is 79.9. The fraction of sp³-hybridized carbons (Fsp3) is 0.350. The number of benzene rings is 2. The molecule has 0 heterocycles. The smallest absolute Gasteiger partial charge is 0.230 e. The predicted molar refractivity (Wildman–Crippen MR) is 98.7 cm³/mol. The zero-order chi connectivity index (χ0) is 17.0. The molecule has 0 atom stereocenters. The summed E-state index contributed by atoms with van der Waals surface area (Å²) in [6, 6.07) is 16.3. The second-order valence-electron chi connectivity index (χ2n) is 6.23. The van der Waals surface area contributed by atoms with E-state index < -0.39 is 0 Å². The van der Waals surface area contributed by atoms with E-state index in [1.165, 1.54) is 0 Å². The topological polar surface area (TPSA) is 38.3 Å². The van der Waals surface area contributed by atoms with Gasteiger partial charge < -0.3 is 10.1 Å². The van der Waals surface area contributed by atoms with E-state index in [4.69, 9.17) is 4.74 Å². The normalized spacial score (nSPS) is 15.1. The molecule has 0 spiro atoms. The average molecular weight is 388 g/mol. The van der Waals surface area contributed by atoms with Gasteiger partial charge in [-0.3, -0.25) is 4.79 Å². The van der Waals surface area contributed by atoms with Crippen molar-refractivity contribution in [2.75, 3.05) is 6.61 Å². The van der Waals surface area contributed by atoms with E-state index in [2.05, 4.69) is 33.4 Å². The van der Waals surface area contributed by atoms with Gasteiger partial charge in [0, 0.05) is 17.6 Å². The van der Waals surface area contributed by atoms with Crippen molar-refractivity contribution < 1.29 is 9.53 Å². The minimum atomic E-state index is -0.324. The summed E-state index contributed by atoms with van der Waals surface area (Å²) in [5.74, 6) is 0.128. The maximum Gasteiger partial charge on any atom is 0.230 e. The highest BCUT2D eigenvalue weighted by molar-refractivity contribution is 9.10. The molecule has 24 heavy (non-hydrogen) atoms. The van der Waals surface area contributed by atoms with Gasteiger partial charge >= 0.3 is 0 Å². The van der Waals surface area contributed by atoms with E-state index in [1.54, 1.807) is 0 Å². The molecule has 0 saturated heterocycles. The third-order valence-corrected chi connectivity index (χ3v) is 5.06. The summed E-state index contributed by atoms with van der Waals surface area (Å²) < 4.78 is 6.43. The Kier molecular flexibility index (Phi) is 5.36. The molecule has 2 aromatic carbocycles. The van der Waals surface area contributed by atoms with Crippen LogP contribution in [0.25, 0.3) is 0 Å². The summed E-state index contributed by atoms with van der Waals surface area (Å²) in [7, 11) is 0. The molecule has 3 nitrogen and oxygen atoms in total. The Morgan fingerprint density at radius 3 is 2.29 bits per heavy atom. The van der Waals surface area contributed by atoms with Crippen molar-refractivity contribution in [2.24, 2.45) is 0 Å². The van der Waals surface area contributed by atoms with Crippen molar-refractivity contribution in [3.8, 4) is 0 Å². The van der Waals surface area contributed by atoms with Crippen LogP contribution in [0.4, 0.5) is 0 Å². The Labute approximate surface area is 151 Å². The van der Waals surface area contributed by atoms with E-state index in [9.17, 15) is 4.79 Å². The number of nitrogens with one attached hydrogen (secondary N) is 1. The molecular formula is C20H22BrNO2. The van der Waals surface area contributed by atoms with Gasteiger partial charge in [-0.05, 0) is 48.6 Å². The highest BCUT2D eigenvalue weighted by Gasteiger charge is 2.50. The van der Waals surface area contributed by atoms with Crippen LogP contribution in [-0.4, -0.2) is 12.5 Å². The standard InChI is InChI=1S/C20H22BrNO2/c1-2-24-14-16-5-3-15(4-6-16)13-22-19(23)20(11-12-20)17-7-9-18(21)10-8-17/h3-10H,2,11-14H2,1H3,(H,22,23). The van der Waals surface area contributed by atoms with Crippen LogP contribution >= 0.6 is 15.9 Å². The van der Waals surface area contributed by atoms with Crippen molar-refractivity contribution in [1.82, 2.24) is 5.32 Å². The monoisotopic (exact) mass is 387 g/mol. The highest BCUT2D eigenvalue weighted by Crippen LogP contribution is 2.48. The van der Waals surface area contributed by atoms with Crippen LogP contribution in [0.15, 0.2) is 53.0 Å². The Balaban J connectivity index is 1.58. The second kappa shape index (κ2) is 7.49. The lowest BCUT2D eigenvalue weighted by molar-refractivity contribution is -0.123. The van der Waals surface area contributed by atoms with Crippen LogP contribution in [0.3, 0.4) is 0 Å². The second-order valence-corrected chi connectivity index (χ2v) is 7.14. The van der Waals surface area contributed by atoms with Crippen molar-refractivity contribution in [2.45, 2.75) is 38.3 Å². The molecule has 0 aromatic heterocycles. The number of hydrogen-bond acceptors (Lipinski definition) is 2. The van der Waals surface area contributed by atoms with Gasteiger partial charge in [0.25, 0.3) is 0 Å². The summed E-state index contributed by atoms with van der Waals surface area (Å²) in [6.45, 7) is 3.90. The third-order valence-electron chi connectivity index (χ3n) is 4.53. The molecule has 1 N–H and O–H groups in total. The van der Waals surface area contributed by atoms with Gasteiger partial charge in [0.2, 0.25) is 5.91 Å². The molecule has 1 aliphatic carbocycles. The molecule has 2 aromatic rings. The van der Waals surface area contributed by atoms with Crippen molar-refractivity contribution in [3.05, 3.63) is 69.7 Å². The lowest BCUT2D eigenvalue weighted by Crippen LogP contribution is -2.34. The van der Waals surface area contributed by atoms with Crippen molar-refractivity contribution >= 4 is 21.8 Å². The molecule has 1 amide bonds. The number of rotatable bonds is 7. The largest absolute Gasteiger partial charge is 0.377 e. The molecule has 0 radical (unpaired) electrons. The predicted octanol–water partition coefficient (Wildman–Crippen LogP) is 4.33. The first kappa shape index (κ1) is 17.2. The summed E-state index contributed by atoms with van der Waals surface area (Å²) in [5.41, 5.74) is 3.04. The van der Waals surface area contributed by atoms with Crippen LogP contribution in [-0.2, 0) is 28.1 Å². The number of ether oxygens (including phenoxy) is 1. The fourth-order valence-corrected chi connectivity index (χ4v) is 3.13. The Hall–Kier alpha value is -1.65. The molecule has 126 valence electrons. The first-order valence-corrected chi connectivity index (χ1v) is 9.13. The number of carbonyl (C=O) groups excluding carboxylic acids is 1. The SMILES string of the molecule is CCOCc1ccc(CNC(=O)C2(c3ccc(Br)cc3)CC2)cc1. The molecule has 0 bridgehead atoms. The average Bonchev–Trinajstić information content (AvgIpc) is 3.41. The van der Waals surface area contributed by atoms with Gasteiger partial charge in [-0.2, -0.15) is 0 Å². The third kappa shape index (κ3) is 3.87. The lowest BCUT2D eigenvalue weighted by atomic mass is 9.95. The van der Waals surface area contributed by atoms with Crippen LogP contribution in [0, 0.1) is 0 Å². The molecule has 1 saturated carbocycles. The molecule has 4 heteroatoms. The lowest BCUT2D eigenvalue weighted by Gasteiger charge is -2.16. The van der Waals surface area contributed by atoms with Crippen LogP contribution in [0.5, 0.6) is 0 Å². The van der Waals surface area contributed by atoms with Gasteiger partial charge in [-0.25, -0.2) is 0 Å². The maximum atomic E-state index is 12.7. The fourth-order valence-electron chi connectivity index (χ4n) is 2.87. The van der Waals surface area contributed by atoms with Crippen molar-refractivity contribution in [3.63, 3.8) is 0 Å². The molecule has 0 unspecified atom stereocenters. The molecule has 1 fully saturated rings. The number of hydrogen-bond donors (Lipinski definition) is 1. The number of carbonyl (C=O) groups is 1. The maximum absolute atomic E-state index is 12.7. The van der Waals surface area contributed by atoms with E-state index >= 15 is 0 Å². The first-order chi connectivity index (χ1) is 11.6. The molecule has 1 aliphatic rings. The van der Waals surface area contributed by atoms with Gasteiger partial charge in [0.05, 0.1) is 12.0 Å². The van der Waals surface area contributed by atoms with Crippen molar-refractivity contribution in [1.29, 1.82) is 0 Å². The van der Waals surface area contributed by atoms with Crippen LogP contribution in [0.2, 0.25) is 0 Å². The summed E-state index contributed by atoms with van der Waals surface area (Å²) >= 11 is 3.44. The van der Waals surface area contributed by atoms with Crippen LogP contribution < -0.4 is 5.32 Å². The zero-order valence-electron chi connectivity index (χ0n) is 13.8. The Morgan fingerprint density at radius 2 is 1.71 bits per heavy atom. The Bertz CT molecular complexity index is 691. The van der Waals surface area contributed by atoms with E-state index in [0.29, 0.717) is 13.2 Å². The number of halogens is 1. The summed E-state index contributed by atoms with van der Waals surface area (Å²) in [5, 5.41) is 3.10. The van der Waals surface area contributed by atoms with Gasteiger partial charge in [-0.1, -0.05) is 52.3 Å². The summed E-state index contributed by atoms with van der Waals surface area (Å²) in [4.78, 5) is 12.7. The molecule has 3 rings (SSSR count). The minimum Gasteiger partial charge on any atom is -0.377 e. The van der Waals surface area contributed by atoms with E-state index in [-0.39, 0.29) is 11.3 Å². The molecule has 0 aliphatic heterocycles. The van der Waals surface area contributed by atoms with Gasteiger partial charge in [0.15, 0.2) is 0 Å².